The highest BCUT2D eigenvalue weighted by atomic mass is 32.2. The van der Waals surface area contributed by atoms with E-state index in [1.165, 1.54) is 49.5 Å². The maximum atomic E-state index is 12.5. The summed E-state index contributed by atoms with van der Waals surface area (Å²) in [6, 6.07) is 13.0. The van der Waals surface area contributed by atoms with Gasteiger partial charge in [-0.15, -0.1) is 0 Å². The summed E-state index contributed by atoms with van der Waals surface area (Å²) >= 11 is 0. The minimum absolute atomic E-state index is 0.0593. The van der Waals surface area contributed by atoms with Crippen LogP contribution in [0.2, 0.25) is 0 Å². The summed E-state index contributed by atoms with van der Waals surface area (Å²) in [5, 5.41) is 11.2. The molecule has 0 atom stereocenters. The molecular formula is C17H17N3O5S2. The van der Waals surface area contributed by atoms with Gasteiger partial charge in [0.1, 0.15) is 0 Å². The van der Waals surface area contributed by atoms with Crippen molar-refractivity contribution >= 4 is 31.5 Å². The lowest BCUT2D eigenvalue weighted by molar-refractivity contribution is -0.116. The van der Waals surface area contributed by atoms with Crippen LogP contribution in [0.1, 0.15) is 5.56 Å². The fourth-order valence-electron chi connectivity index (χ4n) is 2.25. The summed E-state index contributed by atoms with van der Waals surface area (Å²) in [6.45, 7) is -0.513. The highest BCUT2D eigenvalue weighted by molar-refractivity contribution is 7.91. The van der Waals surface area contributed by atoms with Crippen molar-refractivity contribution in [1.82, 2.24) is 4.31 Å². The number of amides is 1. The third-order valence-corrected chi connectivity index (χ3v) is 6.59. The zero-order chi connectivity index (χ0) is 20.2. The Hall–Kier alpha value is -2.74. The second-order valence-electron chi connectivity index (χ2n) is 5.71. The number of benzene rings is 2. The van der Waals surface area contributed by atoms with Crippen LogP contribution >= 0.6 is 0 Å². The standard InChI is InChI=1S/C17H17N3O5S2/c1-20(27(24,25)14-9-7-13(11-18)8-10-14)12-17(21)19-15-5-3-4-6-16(15)26(2,22)23/h3-10H,12H2,1-2H3,(H,19,21). The Labute approximate surface area is 158 Å². The van der Waals surface area contributed by atoms with Gasteiger partial charge in [-0.1, -0.05) is 12.1 Å². The first-order chi connectivity index (χ1) is 12.6. The first kappa shape index (κ1) is 20.6. The van der Waals surface area contributed by atoms with Gasteiger partial charge in [-0.2, -0.15) is 9.57 Å². The molecule has 0 fully saturated rings. The highest BCUT2D eigenvalue weighted by Crippen LogP contribution is 2.21. The van der Waals surface area contributed by atoms with E-state index in [9.17, 15) is 21.6 Å². The number of hydrogen-bond acceptors (Lipinski definition) is 6. The molecule has 0 spiro atoms. The van der Waals surface area contributed by atoms with Crippen LogP contribution in [0.25, 0.3) is 0 Å². The number of nitrogens with one attached hydrogen (secondary N) is 1. The van der Waals surface area contributed by atoms with Gasteiger partial charge in [-0.25, -0.2) is 16.8 Å². The van der Waals surface area contributed by atoms with Crippen LogP contribution in [0.15, 0.2) is 58.3 Å². The number of sulfonamides is 1. The van der Waals surface area contributed by atoms with E-state index >= 15 is 0 Å². The van der Waals surface area contributed by atoms with Crippen LogP contribution < -0.4 is 5.32 Å². The molecule has 0 radical (unpaired) electrons. The Morgan fingerprint density at radius 1 is 1.07 bits per heavy atom. The van der Waals surface area contributed by atoms with E-state index in [2.05, 4.69) is 5.32 Å². The van der Waals surface area contributed by atoms with Crippen molar-refractivity contribution in [2.45, 2.75) is 9.79 Å². The summed E-state index contributed by atoms with van der Waals surface area (Å²) in [4.78, 5) is 12.1. The maximum Gasteiger partial charge on any atom is 0.243 e. The van der Waals surface area contributed by atoms with E-state index < -0.39 is 32.3 Å². The summed E-state index contributed by atoms with van der Waals surface area (Å²) in [5.41, 5.74) is 0.390. The Bertz CT molecular complexity index is 1100. The van der Waals surface area contributed by atoms with Crippen LogP contribution in [0.3, 0.4) is 0 Å². The maximum absolute atomic E-state index is 12.5. The third kappa shape index (κ3) is 4.91. The second-order valence-corrected chi connectivity index (χ2v) is 9.74. The number of anilines is 1. The van der Waals surface area contributed by atoms with Crippen molar-refractivity contribution in [2.75, 3.05) is 25.2 Å². The Kier molecular flexibility index (Phi) is 6.00. The molecule has 0 saturated heterocycles. The number of rotatable bonds is 6. The molecule has 0 aliphatic heterocycles. The molecule has 0 unspecified atom stereocenters. The lowest BCUT2D eigenvalue weighted by Gasteiger charge is -2.17. The molecular weight excluding hydrogens is 390 g/mol. The summed E-state index contributed by atoms with van der Waals surface area (Å²) < 4.78 is 49.4. The van der Waals surface area contributed by atoms with Gasteiger partial charge in [0.2, 0.25) is 15.9 Å². The molecule has 1 amide bonds. The number of carbonyl (C=O) groups excluding carboxylic acids is 1. The zero-order valence-corrected chi connectivity index (χ0v) is 16.2. The SMILES string of the molecule is CN(CC(=O)Nc1ccccc1S(C)(=O)=O)S(=O)(=O)c1ccc(C#N)cc1. The average Bonchev–Trinajstić information content (AvgIpc) is 2.61. The molecule has 0 aliphatic carbocycles. The predicted octanol–water partition coefficient (Wildman–Crippen LogP) is 1.22. The molecule has 2 aromatic carbocycles. The topological polar surface area (TPSA) is 124 Å². The van der Waals surface area contributed by atoms with Gasteiger partial charge in [0.25, 0.3) is 0 Å². The fraction of sp³-hybridized carbons (Fsp3) is 0.176. The van der Waals surface area contributed by atoms with Crippen LogP contribution in [0, 0.1) is 11.3 Å². The predicted molar refractivity (Wildman–Crippen MR) is 99.2 cm³/mol. The normalized spacial score (nSPS) is 11.8. The molecule has 2 rings (SSSR count). The van der Waals surface area contributed by atoms with Crippen LogP contribution in [-0.2, 0) is 24.7 Å². The molecule has 0 aliphatic rings. The summed E-state index contributed by atoms with van der Waals surface area (Å²) in [5.74, 6) is -0.689. The molecule has 0 bridgehead atoms. The summed E-state index contributed by atoms with van der Waals surface area (Å²) in [6.07, 6.45) is 1.01. The van der Waals surface area contributed by atoms with Gasteiger partial charge in [0, 0.05) is 13.3 Å². The number of nitrogens with zero attached hydrogens (tertiary/aromatic N) is 2. The van der Waals surface area contributed by atoms with E-state index in [0.29, 0.717) is 5.56 Å². The van der Waals surface area contributed by atoms with Gasteiger partial charge in [0.15, 0.2) is 9.84 Å². The molecule has 10 heteroatoms. The number of nitriles is 1. The molecule has 8 nitrogen and oxygen atoms in total. The smallest absolute Gasteiger partial charge is 0.243 e. The number of carbonyl (C=O) groups is 1. The van der Waals surface area contributed by atoms with Crippen molar-refractivity contribution in [1.29, 1.82) is 5.26 Å². The first-order valence-electron chi connectivity index (χ1n) is 7.61. The van der Waals surface area contributed by atoms with Crippen LogP contribution in [0.4, 0.5) is 5.69 Å². The largest absolute Gasteiger partial charge is 0.324 e. The van der Waals surface area contributed by atoms with E-state index in [1.54, 1.807) is 6.07 Å². The minimum atomic E-state index is -3.94. The van der Waals surface area contributed by atoms with Gasteiger partial charge in [-0.05, 0) is 36.4 Å². The molecule has 0 saturated carbocycles. The molecule has 0 heterocycles. The third-order valence-electron chi connectivity index (χ3n) is 3.62. The summed E-state index contributed by atoms with van der Waals surface area (Å²) in [7, 11) is -6.27. The van der Waals surface area contributed by atoms with Crippen molar-refractivity contribution in [3.63, 3.8) is 0 Å². The van der Waals surface area contributed by atoms with Gasteiger partial charge in [0.05, 0.1) is 33.7 Å². The van der Waals surface area contributed by atoms with Gasteiger partial charge in [-0.3, -0.25) is 4.79 Å². The first-order valence-corrected chi connectivity index (χ1v) is 10.9. The lowest BCUT2D eigenvalue weighted by Crippen LogP contribution is -2.35. The highest BCUT2D eigenvalue weighted by Gasteiger charge is 2.23. The number of likely N-dealkylation sites (N-methyl/N-ethyl adjacent to an activating group) is 1. The zero-order valence-electron chi connectivity index (χ0n) is 14.6. The van der Waals surface area contributed by atoms with Crippen molar-refractivity contribution in [3.8, 4) is 6.07 Å². The Morgan fingerprint density at radius 3 is 2.22 bits per heavy atom. The lowest BCUT2D eigenvalue weighted by atomic mass is 10.2. The van der Waals surface area contributed by atoms with Crippen LogP contribution in [-0.4, -0.2) is 46.9 Å². The average molecular weight is 407 g/mol. The fourth-order valence-corrected chi connectivity index (χ4v) is 4.22. The van der Waals surface area contributed by atoms with E-state index in [-0.39, 0.29) is 15.5 Å². The quantitative estimate of drug-likeness (QED) is 0.768. The van der Waals surface area contributed by atoms with Crippen molar-refractivity contribution in [2.24, 2.45) is 0 Å². The van der Waals surface area contributed by atoms with Crippen molar-refractivity contribution in [3.05, 3.63) is 54.1 Å². The minimum Gasteiger partial charge on any atom is -0.324 e. The second kappa shape index (κ2) is 7.87. The Balaban J connectivity index is 2.17. The molecule has 0 aromatic heterocycles. The molecule has 142 valence electrons. The number of hydrogen-bond donors (Lipinski definition) is 1. The molecule has 27 heavy (non-hydrogen) atoms. The number of sulfone groups is 1. The van der Waals surface area contributed by atoms with E-state index in [4.69, 9.17) is 5.26 Å². The number of para-hydroxylation sites is 1. The molecule has 2 aromatic rings. The van der Waals surface area contributed by atoms with E-state index in [0.717, 1.165) is 10.6 Å². The Morgan fingerprint density at radius 2 is 1.67 bits per heavy atom. The van der Waals surface area contributed by atoms with Gasteiger partial charge < -0.3 is 5.32 Å². The van der Waals surface area contributed by atoms with E-state index in [1.807, 2.05) is 6.07 Å². The van der Waals surface area contributed by atoms with Gasteiger partial charge >= 0.3 is 0 Å². The molecule has 1 N–H and O–H groups in total. The van der Waals surface area contributed by atoms with Crippen LogP contribution in [0.5, 0.6) is 0 Å². The monoisotopic (exact) mass is 407 g/mol. The van der Waals surface area contributed by atoms with Crippen molar-refractivity contribution < 1.29 is 21.6 Å².